The van der Waals surface area contributed by atoms with E-state index in [2.05, 4.69) is 4.98 Å². The van der Waals surface area contributed by atoms with Gasteiger partial charge in [0.25, 0.3) is 0 Å². The number of aromatic nitrogens is 1. The van der Waals surface area contributed by atoms with Gasteiger partial charge >= 0.3 is 6.03 Å². The highest BCUT2D eigenvalue weighted by Gasteiger charge is 2.19. The van der Waals surface area contributed by atoms with Crippen LogP contribution in [0.15, 0.2) is 18.2 Å². The molecule has 1 fully saturated rings. The number of hydrogen-bond acceptors (Lipinski definition) is 2. The van der Waals surface area contributed by atoms with Crippen LogP contribution in [-0.2, 0) is 6.54 Å². The molecule has 0 aliphatic carbocycles. The first-order chi connectivity index (χ1) is 9.16. The van der Waals surface area contributed by atoms with Crippen LogP contribution in [-0.4, -0.2) is 41.0 Å². The summed E-state index contributed by atoms with van der Waals surface area (Å²) >= 11 is 0. The maximum Gasteiger partial charge on any atom is 0.320 e. The minimum atomic E-state index is 0.130. The molecule has 1 saturated heterocycles. The number of likely N-dealkylation sites (tertiary alicyclic amines) is 1. The largest absolute Gasteiger partial charge is 0.325 e. The van der Waals surface area contributed by atoms with Crippen molar-refractivity contribution in [1.29, 1.82) is 0 Å². The number of aryl methyl sites for hydroxylation is 1. The van der Waals surface area contributed by atoms with Gasteiger partial charge in [-0.15, -0.1) is 0 Å². The molecule has 0 radical (unpaired) electrons. The molecule has 4 nitrogen and oxygen atoms in total. The van der Waals surface area contributed by atoms with Gasteiger partial charge in [0.1, 0.15) is 0 Å². The van der Waals surface area contributed by atoms with Gasteiger partial charge in [-0.05, 0) is 31.9 Å². The Morgan fingerprint density at radius 3 is 2.58 bits per heavy atom. The van der Waals surface area contributed by atoms with E-state index in [1.165, 1.54) is 12.8 Å². The van der Waals surface area contributed by atoms with Gasteiger partial charge in [0, 0.05) is 25.8 Å². The van der Waals surface area contributed by atoms with Crippen LogP contribution >= 0.6 is 0 Å². The summed E-state index contributed by atoms with van der Waals surface area (Å²) < 4.78 is 0. The standard InChI is InChI=1S/C15H23N3O/c1-13-8-7-9-14(16-13)12-17(2)15(19)18-10-5-3-4-6-11-18/h7-9H,3-6,10-12H2,1-2H3. The van der Waals surface area contributed by atoms with E-state index >= 15 is 0 Å². The molecular weight excluding hydrogens is 238 g/mol. The minimum absolute atomic E-state index is 0.130. The van der Waals surface area contributed by atoms with Crippen molar-refractivity contribution in [3.8, 4) is 0 Å². The number of rotatable bonds is 2. The lowest BCUT2D eigenvalue weighted by Gasteiger charge is -2.26. The van der Waals surface area contributed by atoms with Crippen molar-refractivity contribution in [1.82, 2.24) is 14.8 Å². The summed E-state index contributed by atoms with van der Waals surface area (Å²) in [6.07, 6.45) is 4.74. The van der Waals surface area contributed by atoms with Crippen LogP contribution in [0.25, 0.3) is 0 Å². The van der Waals surface area contributed by atoms with Crippen molar-refractivity contribution in [2.75, 3.05) is 20.1 Å². The zero-order valence-electron chi connectivity index (χ0n) is 11.9. The lowest BCUT2D eigenvalue weighted by Crippen LogP contribution is -2.41. The van der Waals surface area contributed by atoms with E-state index in [9.17, 15) is 4.79 Å². The Bertz CT molecular complexity index is 425. The van der Waals surface area contributed by atoms with Gasteiger partial charge in [0.15, 0.2) is 0 Å². The molecular formula is C15H23N3O. The average molecular weight is 261 g/mol. The molecule has 0 saturated carbocycles. The number of pyridine rings is 1. The third-order valence-electron chi connectivity index (χ3n) is 3.55. The Kier molecular flexibility index (Phi) is 4.77. The van der Waals surface area contributed by atoms with Crippen molar-refractivity contribution in [2.24, 2.45) is 0 Å². The summed E-state index contributed by atoms with van der Waals surface area (Å²) in [5, 5.41) is 0. The topological polar surface area (TPSA) is 36.4 Å². The monoisotopic (exact) mass is 261 g/mol. The van der Waals surface area contributed by atoms with Crippen LogP contribution in [0.1, 0.15) is 37.1 Å². The predicted molar refractivity (Wildman–Crippen MR) is 75.9 cm³/mol. The normalized spacial score (nSPS) is 16.0. The molecule has 0 N–H and O–H groups in total. The summed E-state index contributed by atoms with van der Waals surface area (Å²) in [6, 6.07) is 6.06. The highest BCUT2D eigenvalue weighted by molar-refractivity contribution is 5.74. The molecule has 2 rings (SSSR count). The van der Waals surface area contributed by atoms with Crippen LogP contribution in [0.5, 0.6) is 0 Å². The molecule has 0 bridgehead atoms. The number of nitrogens with zero attached hydrogens (tertiary/aromatic N) is 3. The zero-order chi connectivity index (χ0) is 13.7. The van der Waals surface area contributed by atoms with Crippen molar-refractivity contribution in [2.45, 2.75) is 39.2 Å². The van der Waals surface area contributed by atoms with E-state index in [0.717, 1.165) is 37.3 Å². The van der Waals surface area contributed by atoms with Crippen molar-refractivity contribution in [3.05, 3.63) is 29.6 Å². The maximum atomic E-state index is 12.4. The van der Waals surface area contributed by atoms with E-state index in [1.54, 1.807) is 4.90 Å². The Labute approximate surface area is 115 Å². The molecule has 1 aromatic rings. The summed E-state index contributed by atoms with van der Waals surface area (Å²) in [7, 11) is 1.86. The average Bonchev–Trinajstić information content (AvgIpc) is 2.66. The van der Waals surface area contributed by atoms with E-state index in [0.29, 0.717) is 6.54 Å². The van der Waals surface area contributed by atoms with Crippen LogP contribution in [0.3, 0.4) is 0 Å². The fraction of sp³-hybridized carbons (Fsp3) is 0.600. The van der Waals surface area contributed by atoms with Crippen LogP contribution < -0.4 is 0 Å². The molecule has 0 spiro atoms. The second kappa shape index (κ2) is 6.55. The number of hydrogen-bond donors (Lipinski definition) is 0. The predicted octanol–water partition coefficient (Wildman–Crippen LogP) is 2.82. The van der Waals surface area contributed by atoms with Crippen molar-refractivity contribution < 1.29 is 4.79 Å². The van der Waals surface area contributed by atoms with Gasteiger partial charge in [-0.25, -0.2) is 4.79 Å². The van der Waals surface area contributed by atoms with Gasteiger partial charge in [0.05, 0.1) is 12.2 Å². The van der Waals surface area contributed by atoms with Crippen molar-refractivity contribution in [3.63, 3.8) is 0 Å². The van der Waals surface area contributed by atoms with E-state index in [4.69, 9.17) is 0 Å². The van der Waals surface area contributed by atoms with Gasteiger partial charge in [-0.2, -0.15) is 0 Å². The number of carbonyl (C=O) groups excluding carboxylic acids is 1. The van der Waals surface area contributed by atoms with E-state index in [1.807, 2.05) is 37.1 Å². The van der Waals surface area contributed by atoms with Crippen LogP contribution in [0, 0.1) is 6.92 Å². The molecule has 4 heteroatoms. The zero-order valence-corrected chi connectivity index (χ0v) is 11.9. The van der Waals surface area contributed by atoms with Crippen LogP contribution in [0.2, 0.25) is 0 Å². The summed E-state index contributed by atoms with van der Waals surface area (Å²) in [5.41, 5.74) is 1.94. The van der Waals surface area contributed by atoms with Gasteiger partial charge < -0.3 is 9.80 Å². The van der Waals surface area contributed by atoms with Gasteiger partial charge in [0.2, 0.25) is 0 Å². The number of carbonyl (C=O) groups is 1. The quantitative estimate of drug-likeness (QED) is 0.820. The van der Waals surface area contributed by atoms with Crippen LogP contribution in [0.4, 0.5) is 4.79 Å². The SMILES string of the molecule is Cc1cccc(CN(C)C(=O)N2CCCCCC2)n1. The summed E-state index contributed by atoms with van der Waals surface area (Å²) in [4.78, 5) is 20.6. The second-order valence-electron chi connectivity index (χ2n) is 5.31. The van der Waals surface area contributed by atoms with E-state index < -0.39 is 0 Å². The molecule has 1 aromatic heterocycles. The molecule has 0 atom stereocenters. The second-order valence-corrected chi connectivity index (χ2v) is 5.31. The Morgan fingerprint density at radius 1 is 1.26 bits per heavy atom. The highest BCUT2D eigenvalue weighted by atomic mass is 16.2. The molecule has 104 valence electrons. The molecule has 19 heavy (non-hydrogen) atoms. The van der Waals surface area contributed by atoms with Crippen molar-refractivity contribution >= 4 is 6.03 Å². The smallest absolute Gasteiger partial charge is 0.320 e. The highest BCUT2D eigenvalue weighted by Crippen LogP contribution is 2.12. The molecule has 0 aromatic carbocycles. The maximum absolute atomic E-state index is 12.4. The first-order valence-electron chi connectivity index (χ1n) is 7.09. The summed E-state index contributed by atoms with van der Waals surface area (Å²) in [6.45, 7) is 4.34. The molecule has 1 aliphatic rings. The Hall–Kier alpha value is -1.58. The fourth-order valence-electron chi connectivity index (χ4n) is 2.50. The van der Waals surface area contributed by atoms with E-state index in [-0.39, 0.29) is 6.03 Å². The van der Waals surface area contributed by atoms with Gasteiger partial charge in [-0.3, -0.25) is 4.98 Å². The Balaban J connectivity index is 1.94. The first kappa shape index (κ1) is 13.8. The fourth-order valence-corrected chi connectivity index (χ4v) is 2.50. The molecule has 0 unspecified atom stereocenters. The number of amides is 2. The summed E-state index contributed by atoms with van der Waals surface area (Å²) in [5.74, 6) is 0. The molecule has 2 amide bonds. The first-order valence-corrected chi connectivity index (χ1v) is 7.09. The third kappa shape index (κ3) is 3.94. The van der Waals surface area contributed by atoms with Gasteiger partial charge in [-0.1, -0.05) is 18.9 Å². The lowest BCUT2D eigenvalue weighted by atomic mass is 10.2. The molecule has 1 aliphatic heterocycles. The molecule has 2 heterocycles. The lowest BCUT2D eigenvalue weighted by molar-refractivity contribution is 0.162. The minimum Gasteiger partial charge on any atom is -0.325 e. The third-order valence-corrected chi connectivity index (χ3v) is 3.55. The number of urea groups is 1. The Morgan fingerprint density at radius 2 is 1.95 bits per heavy atom.